The molecule has 3 aromatic rings. The monoisotopic (exact) mass is 444 g/mol. The highest BCUT2D eigenvalue weighted by atomic mass is 32.2. The molecule has 158 valence electrons. The molecule has 0 saturated carbocycles. The van der Waals surface area contributed by atoms with Gasteiger partial charge < -0.3 is 10.1 Å². The Hall–Kier alpha value is -2.71. The Bertz CT molecular complexity index is 1090. The standard InChI is InChI=1S/C22H24N2O4S2/c1-3-13-28-18-8-6-17(7-9-18)20-15-29-22(23-20)24-21(25)12-14-30(26,27)19-10-4-16(2)5-11-19/h4-11,15H,3,12-14H2,1-2H3,(H,23,24,25). The number of aromatic nitrogens is 1. The Morgan fingerprint density at radius 1 is 1.10 bits per heavy atom. The Kier molecular flexibility index (Phi) is 7.23. The van der Waals surface area contributed by atoms with Crippen LogP contribution in [0.25, 0.3) is 11.3 Å². The SMILES string of the molecule is CCCOc1ccc(-c2csc(NC(=O)CCS(=O)(=O)c3ccc(C)cc3)n2)cc1. The molecule has 1 heterocycles. The van der Waals surface area contributed by atoms with Crippen LogP contribution in [0.5, 0.6) is 5.75 Å². The maximum Gasteiger partial charge on any atom is 0.227 e. The zero-order valence-electron chi connectivity index (χ0n) is 16.9. The fraction of sp³-hybridized carbons (Fsp3) is 0.273. The molecule has 0 atom stereocenters. The van der Waals surface area contributed by atoms with Crippen molar-refractivity contribution in [3.8, 4) is 17.0 Å². The number of anilines is 1. The maximum atomic E-state index is 12.4. The van der Waals surface area contributed by atoms with Gasteiger partial charge in [0.2, 0.25) is 5.91 Å². The molecule has 1 aromatic heterocycles. The average molecular weight is 445 g/mol. The fourth-order valence-electron chi connectivity index (χ4n) is 2.68. The van der Waals surface area contributed by atoms with Gasteiger partial charge >= 0.3 is 0 Å². The predicted octanol–water partition coefficient (Wildman–Crippen LogP) is 4.71. The van der Waals surface area contributed by atoms with E-state index in [9.17, 15) is 13.2 Å². The number of carbonyl (C=O) groups excluding carboxylic acids is 1. The minimum atomic E-state index is -3.50. The Morgan fingerprint density at radius 3 is 2.47 bits per heavy atom. The summed E-state index contributed by atoms with van der Waals surface area (Å²) in [6.45, 7) is 4.62. The lowest BCUT2D eigenvalue weighted by molar-refractivity contribution is -0.115. The van der Waals surface area contributed by atoms with Gasteiger partial charge in [-0.25, -0.2) is 13.4 Å². The lowest BCUT2D eigenvalue weighted by Gasteiger charge is -2.05. The molecule has 1 N–H and O–H groups in total. The van der Waals surface area contributed by atoms with Crippen molar-refractivity contribution in [1.82, 2.24) is 4.98 Å². The van der Waals surface area contributed by atoms with Gasteiger partial charge in [-0.1, -0.05) is 24.6 Å². The third kappa shape index (κ3) is 5.90. The quantitative estimate of drug-likeness (QED) is 0.517. The molecule has 2 aromatic carbocycles. The van der Waals surface area contributed by atoms with Crippen LogP contribution in [0.4, 0.5) is 5.13 Å². The lowest BCUT2D eigenvalue weighted by Crippen LogP contribution is -2.17. The van der Waals surface area contributed by atoms with Gasteiger partial charge in [-0.2, -0.15) is 0 Å². The van der Waals surface area contributed by atoms with E-state index in [1.807, 2.05) is 36.6 Å². The second kappa shape index (κ2) is 9.86. The highest BCUT2D eigenvalue weighted by Crippen LogP contribution is 2.26. The highest BCUT2D eigenvalue weighted by Gasteiger charge is 2.17. The van der Waals surface area contributed by atoms with Gasteiger partial charge in [0.05, 0.1) is 22.9 Å². The van der Waals surface area contributed by atoms with E-state index in [2.05, 4.69) is 17.2 Å². The van der Waals surface area contributed by atoms with Crippen LogP contribution >= 0.6 is 11.3 Å². The van der Waals surface area contributed by atoms with E-state index in [1.54, 1.807) is 24.3 Å². The number of sulfone groups is 1. The number of nitrogens with zero attached hydrogens (tertiary/aromatic N) is 1. The molecule has 1 amide bonds. The first-order valence-electron chi connectivity index (χ1n) is 9.65. The molecule has 0 radical (unpaired) electrons. The summed E-state index contributed by atoms with van der Waals surface area (Å²) in [7, 11) is -3.50. The molecule has 8 heteroatoms. The summed E-state index contributed by atoms with van der Waals surface area (Å²) in [4.78, 5) is 16.9. The summed E-state index contributed by atoms with van der Waals surface area (Å²) < 4.78 is 30.3. The van der Waals surface area contributed by atoms with Crippen LogP contribution in [0.1, 0.15) is 25.3 Å². The zero-order valence-corrected chi connectivity index (χ0v) is 18.6. The minimum absolute atomic E-state index is 0.130. The van der Waals surface area contributed by atoms with Gasteiger partial charge in [0.1, 0.15) is 5.75 Å². The van der Waals surface area contributed by atoms with E-state index >= 15 is 0 Å². The van der Waals surface area contributed by atoms with Crippen molar-refractivity contribution in [2.24, 2.45) is 0 Å². The van der Waals surface area contributed by atoms with E-state index < -0.39 is 9.84 Å². The Balaban J connectivity index is 1.56. The van der Waals surface area contributed by atoms with Crippen LogP contribution in [0.2, 0.25) is 0 Å². The third-order valence-electron chi connectivity index (χ3n) is 4.35. The molecule has 0 saturated heterocycles. The fourth-order valence-corrected chi connectivity index (χ4v) is 4.65. The minimum Gasteiger partial charge on any atom is -0.494 e. The normalized spacial score (nSPS) is 11.3. The van der Waals surface area contributed by atoms with E-state index in [-0.39, 0.29) is 23.0 Å². The van der Waals surface area contributed by atoms with E-state index in [4.69, 9.17) is 4.74 Å². The van der Waals surface area contributed by atoms with Crippen LogP contribution in [-0.2, 0) is 14.6 Å². The number of aryl methyl sites for hydroxylation is 1. The van der Waals surface area contributed by atoms with Gasteiger partial charge in [0.25, 0.3) is 0 Å². The topological polar surface area (TPSA) is 85.4 Å². The molecule has 6 nitrogen and oxygen atoms in total. The summed E-state index contributed by atoms with van der Waals surface area (Å²) in [6, 6.07) is 14.2. The first kappa shape index (κ1) is 22.0. The number of benzene rings is 2. The summed E-state index contributed by atoms with van der Waals surface area (Å²) in [6.07, 6.45) is 0.817. The second-order valence-electron chi connectivity index (χ2n) is 6.84. The summed E-state index contributed by atoms with van der Waals surface area (Å²) in [5.41, 5.74) is 2.64. The van der Waals surface area contributed by atoms with E-state index in [1.165, 1.54) is 11.3 Å². The van der Waals surface area contributed by atoms with Crippen molar-refractivity contribution in [1.29, 1.82) is 0 Å². The van der Waals surface area contributed by atoms with Gasteiger partial charge in [-0.15, -0.1) is 11.3 Å². The van der Waals surface area contributed by atoms with Gasteiger partial charge in [-0.05, 0) is 49.7 Å². The van der Waals surface area contributed by atoms with E-state index in [0.717, 1.165) is 29.0 Å². The Morgan fingerprint density at radius 2 is 1.80 bits per heavy atom. The molecule has 0 bridgehead atoms. The van der Waals surface area contributed by atoms with Gasteiger partial charge in [-0.3, -0.25) is 4.79 Å². The summed E-state index contributed by atoms with van der Waals surface area (Å²) in [5, 5.41) is 4.97. The molecule has 0 fully saturated rings. The smallest absolute Gasteiger partial charge is 0.227 e. The van der Waals surface area contributed by atoms with Crippen molar-refractivity contribution < 1.29 is 17.9 Å². The van der Waals surface area contributed by atoms with Crippen molar-refractivity contribution in [3.05, 3.63) is 59.5 Å². The first-order valence-corrected chi connectivity index (χ1v) is 12.2. The number of amides is 1. The van der Waals surface area contributed by atoms with E-state index in [0.29, 0.717) is 11.7 Å². The molecule has 30 heavy (non-hydrogen) atoms. The number of thiazole rings is 1. The molecule has 0 aliphatic heterocycles. The number of ether oxygens (including phenoxy) is 1. The molecule has 3 rings (SSSR count). The molecule has 0 aliphatic carbocycles. The van der Waals surface area contributed by atoms with Crippen molar-refractivity contribution >= 4 is 32.2 Å². The van der Waals surface area contributed by atoms with Crippen LogP contribution in [0.3, 0.4) is 0 Å². The van der Waals surface area contributed by atoms with Crippen LogP contribution in [-0.4, -0.2) is 31.7 Å². The molecular weight excluding hydrogens is 420 g/mol. The van der Waals surface area contributed by atoms with Crippen molar-refractivity contribution in [2.75, 3.05) is 17.7 Å². The molecule has 0 spiro atoms. The second-order valence-corrected chi connectivity index (χ2v) is 9.81. The molecular formula is C22H24N2O4S2. The largest absolute Gasteiger partial charge is 0.494 e. The molecule has 0 unspecified atom stereocenters. The zero-order chi connectivity index (χ0) is 21.6. The summed E-state index contributed by atoms with van der Waals surface area (Å²) in [5.74, 6) is 0.174. The predicted molar refractivity (Wildman–Crippen MR) is 120 cm³/mol. The number of rotatable bonds is 9. The summed E-state index contributed by atoms with van der Waals surface area (Å²) >= 11 is 1.30. The Labute approximate surface area is 180 Å². The van der Waals surface area contributed by atoms with Gasteiger partial charge in [0, 0.05) is 17.4 Å². The van der Waals surface area contributed by atoms with Gasteiger partial charge in [0.15, 0.2) is 15.0 Å². The third-order valence-corrected chi connectivity index (χ3v) is 6.84. The molecule has 0 aliphatic rings. The number of hydrogen-bond donors (Lipinski definition) is 1. The lowest BCUT2D eigenvalue weighted by atomic mass is 10.2. The van der Waals surface area contributed by atoms with Crippen molar-refractivity contribution in [3.63, 3.8) is 0 Å². The number of nitrogens with one attached hydrogen (secondary N) is 1. The maximum absolute atomic E-state index is 12.4. The highest BCUT2D eigenvalue weighted by molar-refractivity contribution is 7.91. The van der Waals surface area contributed by atoms with Crippen LogP contribution in [0.15, 0.2) is 58.8 Å². The first-order chi connectivity index (χ1) is 14.4. The van der Waals surface area contributed by atoms with Crippen molar-refractivity contribution in [2.45, 2.75) is 31.6 Å². The van der Waals surface area contributed by atoms with Crippen LogP contribution < -0.4 is 10.1 Å². The number of hydrogen-bond acceptors (Lipinski definition) is 6. The average Bonchev–Trinajstić information content (AvgIpc) is 3.20. The number of carbonyl (C=O) groups is 1. The van der Waals surface area contributed by atoms with Crippen LogP contribution in [0, 0.1) is 6.92 Å².